The van der Waals surface area contributed by atoms with Crippen LogP contribution in [0.25, 0.3) is 0 Å². The van der Waals surface area contributed by atoms with E-state index in [4.69, 9.17) is 0 Å². The van der Waals surface area contributed by atoms with Crippen LogP contribution in [0.5, 0.6) is 0 Å². The minimum Gasteiger partial charge on any atom is -0.294 e. The summed E-state index contributed by atoms with van der Waals surface area (Å²) in [4.78, 5) is 0. The maximum Gasteiger partial charge on any atom is 0.130 e. The van der Waals surface area contributed by atoms with Gasteiger partial charge in [-0.3, -0.25) is 5.01 Å². The molecule has 1 aliphatic rings. The second-order valence-electron chi connectivity index (χ2n) is 5.19. The van der Waals surface area contributed by atoms with Gasteiger partial charge in [-0.1, -0.05) is 25.3 Å². The quantitative estimate of drug-likeness (QED) is 0.671. The third kappa shape index (κ3) is 3.22. The van der Waals surface area contributed by atoms with Crippen LogP contribution in [-0.2, 0) is 0 Å². The van der Waals surface area contributed by atoms with Crippen LogP contribution in [0.4, 0.5) is 4.39 Å². The minimum absolute atomic E-state index is 0.109. The molecule has 0 amide bonds. The fourth-order valence-electron chi connectivity index (χ4n) is 2.51. The van der Waals surface area contributed by atoms with Gasteiger partial charge < -0.3 is 0 Å². The molecule has 0 aromatic carbocycles. The molecule has 0 aromatic rings. The summed E-state index contributed by atoms with van der Waals surface area (Å²) in [7, 11) is 1.96. The number of allylic oxidation sites excluding steroid dienone is 5. The Balaban J connectivity index is 3.03. The van der Waals surface area contributed by atoms with Crippen molar-refractivity contribution in [1.82, 2.24) is 5.01 Å². The van der Waals surface area contributed by atoms with Crippen LogP contribution in [0.2, 0.25) is 0 Å². The molecular weight excluding hydrogens is 239 g/mol. The van der Waals surface area contributed by atoms with Gasteiger partial charge in [0.2, 0.25) is 0 Å². The number of hydrazone groups is 1. The largest absolute Gasteiger partial charge is 0.294 e. The summed E-state index contributed by atoms with van der Waals surface area (Å²) in [5, 5.41) is 6.42. The van der Waals surface area contributed by atoms with Crippen LogP contribution < -0.4 is 0 Å². The summed E-state index contributed by atoms with van der Waals surface area (Å²) >= 11 is 0. The first-order valence-electron chi connectivity index (χ1n) is 6.46. The Morgan fingerprint density at radius 1 is 1.47 bits per heavy atom. The Morgan fingerprint density at radius 2 is 2.11 bits per heavy atom. The van der Waals surface area contributed by atoms with Crippen molar-refractivity contribution in [2.75, 3.05) is 7.05 Å². The van der Waals surface area contributed by atoms with Crippen molar-refractivity contribution in [1.29, 1.82) is 0 Å². The first kappa shape index (κ1) is 15.4. The summed E-state index contributed by atoms with van der Waals surface area (Å²) in [5.74, 6) is -0.329. The highest BCUT2D eigenvalue weighted by atomic mass is 19.1. The van der Waals surface area contributed by atoms with Crippen LogP contribution in [0.3, 0.4) is 0 Å². The Bertz CT molecular complexity index is 471. The average molecular weight is 262 g/mol. The second kappa shape index (κ2) is 6.00. The molecule has 104 valence electrons. The number of hydrogen-bond donors (Lipinski definition) is 0. The van der Waals surface area contributed by atoms with Gasteiger partial charge in [0, 0.05) is 24.8 Å². The van der Waals surface area contributed by atoms with Crippen molar-refractivity contribution in [2.45, 2.75) is 39.2 Å². The van der Waals surface area contributed by atoms with E-state index < -0.39 is 0 Å². The summed E-state index contributed by atoms with van der Waals surface area (Å²) in [6.07, 6.45) is 6.33. The zero-order valence-electron chi connectivity index (χ0n) is 12.3. The van der Waals surface area contributed by atoms with Crippen LogP contribution in [0.1, 0.15) is 33.6 Å². The van der Waals surface area contributed by atoms with E-state index in [0.717, 1.165) is 24.1 Å². The maximum absolute atomic E-state index is 13.8. The number of nitrogens with zero attached hydrogens (tertiary/aromatic N) is 2. The molecule has 0 radical (unpaired) electrons. The van der Waals surface area contributed by atoms with E-state index in [9.17, 15) is 4.39 Å². The summed E-state index contributed by atoms with van der Waals surface area (Å²) in [6, 6.07) is 0. The molecule has 1 aliphatic heterocycles. The van der Waals surface area contributed by atoms with Gasteiger partial charge in [0.25, 0.3) is 0 Å². The second-order valence-corrected chi connectivity index (χ2v) is 5.19. The lowest BCUT2D eigenvalue weighted by Crippen LogP contribution is -2.37. The van der Waals surface area contributed by atoms with E-state index in [2.05, 4.69) is 25.2 Å². The third-order valence-corrected chi connectivity index (χ3v) is 3.64. The number of rotatable bonds is 5. The molecule has 0 fully saturated rings. The van der Waals surface area contributed by atoms with Crippen LogP contribution in [0, 0.1) is 0 Å². The molecule has 0 saturated carbocycles. The van der Waals surface area contributed by atoms with E-state index in [-0.39, 0.29) is 11.4 Å². The first-order valence-corrected chi connectivity index (χ1v) is 6.46. The number of hydrogen-bond acceptors (Lipinski definition) is 2. The summed E-state index contributed by atoms with van der Waals surface area (Å²) in [6.45, 7) is 13.3. The molecule has 0 saturated heterocycles. The molecule has 1 heterocycles. The predicted octanol–water partition coefficient (Wildman–Crippen LogP) is 4.39. The lowest BCUT2D eigenvalue weighted by Gasteiger charge is -2.32. The molecule has 0 N–H and O–H groups in total. The van der Waals surface area contributed by atoms with Crippen molar-refractivity contribution < 1.29 is 4.39 Å². The van der Waals surface area contributed by atoms with E-state index in [1.807, 2.05) is 32.0 Å². The average Bonchev–Trinajstić information content (AvgIpc) is 2.62. The minimum atomic E-state index is -0.329. The normalized spacial score (nSPS) is 25.0. The van der Waals surface area contributed by atoms with E-state index >= 15 is 0 Å². The molecule has 0 spiro atoms. The zero-order valence-corrected chi connectivity index (χ0v) is 12.3. The molecule has 1 unspecified atom stereocenters. The van der Waals surface area contributed by atoms with Crippen molar-refractivity contribution in [2.24, 2.45) is 5.10 Å². The van der Waals surface area contributed by atoms with E-state index in [0.29, 0.717) is 5.57 Å². The van der Waals surface area contributed by atoms with Gasteiger partial charge in [-0.25, -0.2) is 4.39 Å². The van der Waals surface area contributed by atoms with Gasteiger partial charge in [0.1, 0.15) is 5.83 Å². The molecule has 1 rings (SSSR count). The van der Waals surface area contributed by atoms with Crippen molar-refractivity contribution in [3.63, 3.8) is 0 Å². The molecule has 0 bridgehead atoms. The lowest BCUT2D eigenvalue weighted by atomic mass is 9.85. The highest BCUT2D eigenvalue weighted by Crippen LogP contribution is 2.35. The highest BCUT2D eigenvalue weighted by molar-refractivity contribution is 5.84. The smallest absolute Gasteiger partial charge is 0.130 e. The summed E-state index contributed by atoms with van der Waals surface area (Å²) in [5.41, 5.74) is 2.46. The molecule has 0 aromatic heterocycles. The maximum atomic E-state index is 13.8. The van der Waals surface area contributed by atoms with E-state index in [1.54, 1.807) is 6.08 Å². The van der Waals surface area contributed by atoms with Crippen molar-refractivity contribution in [3.05, 3.63) is 48.4 Å². The zero-order chi connectivity index (χ0) is 14.6. The predicted molar refractivity (Wildman–Crippen MR) is 80.8 cm³/mol. The molecule has 19 heavy (non-hydrogen) atoms. The molecule has 2 nitrogen and oxygen atoms in total. The topological polar surface area (TPSA) is 15.6 Å². The Kier molecular flexibility index (Phi) is 4.87. The molecule has 1 atom stereocenters. The van der Waals surface area contributed by atoms with Gasteiger partial charge in [0.15, 0.2) is 0 Å². The van der Waals surface area contributed by atoms with Crippen molar-refractivity contribution >= 4 is 5.71 Å². The van der Waals surface area contributed by atoms with Crippen LogP contribution in [-0.4, -0.2) is 23.3 Å². The number of halogens is 1. The first-order chi connectivity index (χ1) is 8.87. The SMILES string of the molecule is C=C/C(F)=C(C=C)\C(=C/C)CC1(C)CC(C)=NN1C. The summed E-state index contributed by atoms with van der Waals surface area (Å²) < 4.78 is 13.8. The van der Waals surface area contributed by atoms with Gasteiger partial charge in [-0.2, -0.15) is 5.10 Å². The van der Waals surface area contributed by atoms with Gasteiger partial charge >= 0.3 is 0 Å². The monoisotopic (exact) mass is 262 g/mol. The van der Waals surface area contributed by atoms with Crippen LogP contribution in [0.15, 0.2) is 53.5 Å². The third-order valence-electron chi connectivity index (χ3n) is 3.64. The molecule has 3 heteroatoms. The molecular formula is C16H23FN2. The Hall–Kier alpha value is -1.64. The fraction of sp³-hybridized carbons (Fsp3) is 0.438. The standard InChI is InChI=1S/C16H23FN2/c1-7-13(14(8-2)15(17)9-3)11-16(5)10-12(4)18-19(16)6/h7-9H,2-3,10-11H2,1,4-6H3/b13-7-,15-14+. The Labute approximate surface area is 115 Å². The Morgan fingerprint density at radius 3 is 2.47 bits per heavy atom. The van der Waals surface area contributed by atoms with Gasteiger partial charge in [-0.05, 0) is 38.8 Å². The van der Waals surface area contributed by atoms with E-state index in [1.165, 1.54) is 6.08 Å². The van der Waals surface area contributed by atoms with Gasteiger partial charge in [0.05, 0.1) is 5.54 Å². The molecule has 0 aliphatic carbocycles. The lowest BCUT2D eigenvalue weighted by molar-refractivity contribution is 0.173. The fourth-order valence-corrected chi connectivity index (χ4v) is 2.51. The van der Waals surface area contributed by atoms with Crippen LogP contribution >= 0.6 is 0 Å². The van der Waals surface area contributed by atoms with Gasteiger partial charge in [-0.15, -0.1) is 0 Å². The van der Waals surface area contributed by atoms with Crippen molar-refractivity contribution in [3.8, 4) is 0 Å². The highest BCUT2D eigenvalue weighted by Gasteiger charge is 2.35.